The van der Waals surface area contributed by atoms with Gasteiger partial charge in [-0.05, 0) is 43.6 Å². The Morgan fingerprint density at radius 1 is 1.24 bits per heavy atom. The highest BCUT2D eigenvalue weighted by Crippen LogP contribution is 2.09. The molecule has 0 heterocycles. The van der Waals surface area contributed by atoms with Crippen LogP contribution in [-0.2, 0) is 6.54 Å². The van der Waals surface area contributed by atoms with Gasteiger partial charge in [-0.2, -0.15) is 0 Å². The predicted octanol–water partition coefficient (Wildman–Crippen LogP) is 3.01. The second-order valence-electron chi connectivity index (χ2n) is 4.28. The van der Waals surface area contributed by atoms with Crippen LogP contribution >= 0.6 is 0 Å². The maximum absolute atomic E-state index is 10.9. The van der Waals surface area contributed by atoms with Crippen molar-refractivity contribution in [2.24, 2.45) is 0 Å². The number of nitrogens with zero attached hydrogens (tertiary/aromatic N) is 1. The summed E-state index contributed by atoms with van der Waals surface area (Å²) < 4.78 is 0. The summed E-state index contributed by atoms with van der Waals surface area (Å²) in [6.07, 6.45) is 2.25. The highest BCUT2D eigenvalue weighted by Gasteiger charge is 2.07. The largest absolute Gasteiger partial charge is 0.478 e. The topological polar surface area (TPSA) is 40.5 Å². The molecule has 0 saturated heterocycles. The van der Waals surface area contributed by atoms with Gasteiger partial charge in [0.05, 0.1) is 5.56 Å². The molecule has 17 heavy (non-hydrogen) atoms. The molecule has 3 heteroatoms. The van der Waals surface area contributed by atoms with Crippen LogP contribution in [0.5, 0.6) is 0 Å². The number of hydrogen-bond donors (Lipinski definition) is 1. The van der Waals surface area contributed by atoms with Crippen molar-refractivity contribution in [2.75, 3.05) is 13.1 Å². The summed E-state index contributed by atoms with van der Waals surface area (Å²) in [5, 5.41) is 8.94. The van der Waals surface area contributed by atoms with E-state index in [-0.39, 0.29) is 0 Å². The molecule has 1 N–H and O–H groups in total. The number of carboxylic acids is 1. The number of carbonyl (C=O) groups is 1. The van der Waals surface area contributed by atoms with Gasteiger partial charge in [-0.3, -0.25) is 4.90 Å². The molecule has 0 aliphatic heterocycles. The van der Waals surface area contributed by atoms with E-state index in [0.29, 0.717) is 5.56 Å². The normalized spacial score (nSPS) is 10.8. The highest BCUT2D eigenvalue weighted by atomic mass is 16.4. The summed E-state index contributed by atoms with van der Waals surface area (Å²) in [5.74, 6) is -0.857. The van der Waals surface area contributed by atoms with Gasteiger partial charge in [0.2, 0.25) is 0 Å². The molecule has 0 aromatic heterocycles. The zero-order valence-corrected chi connectivity index (χ0v) is 10.6. The summed E-state index contributed by atoms with van der Waals surface area (Å²) >= 11 is 0. The van der Waals surface area contributed by atoms with Crippen LogP contribution in [0.3, 0.4) is 0 Å². The van der Waals surface area contributed by atoms with Crippen molar-refractivity contribution in [3.63, 3.8) is 0 Å². The number of aromatic carboxylic acids is 1. The highest BCUT2D eigenvalue weighted by molar-refractivity contribution is 5.87. The first-order chi connectivity index (χ1) is 8.17. The fourth-order valence-electron chi connectivity index (χ4n) is 1.96. The van der Waals surface area contributed by atoms with Gasteiger partial charge in [-0.15, -0.1) is 0 Å². The van der Waals surface area contributed by atoms with Crippen molar-refractivity contribution in [2.45, 2.75) is 33.2 Å². The first-order valence-corrected chi connectivity index (χ1v) is 6.22. The maximum Gasteiger partial charge on any atom is 0.335 e. The standard InChI is InChI=1S/C14H21NO2/c1-3-8-15(9-4-2)11-12-6-5-7-13(10-12)14(16)17/h5-7,10H,3-4,8-9,11H2,1-2H3,(H,16,17). The minimum Gasteiger partial charge on any atom is -0.478 e. The van der Waals surface area contributed by atoms with Gasteiger partial charge >= 0.3 is 5.97 Å². The van der Waals surface area contributed by atoms with Crippen molar-refractivity contribution in [3.8, 4) is 0 Å². The molecule has 3 nitrogen and oxygen atoms in total. The maximum atomic E-state index is 10.9. The van der Waals surface area contributed by atoms with E-state index in [1.165, 1.54) is 0 Å². The van der Waals surface area contributed by atoms with E-state index in [1.807, 2.05) is 12.1 Å². The average molecular weight is 235 g/mol. The minimum absolute atomic E-state index is 0.371. The molecule has 0 bridgehead atoms. The molecule has 0 radical (unpaired) electrons. The van der Waals surface area contributed by atoms with Crippen LogP contribution < -0.4 is 0 Å². The van der Waals surface area contributed by atoms with E-state index in [9.17, 15) is 4.79 Å². The van der Waals surface area contributed by atoms with Gasteiger partial charge in [-0.25, -0.2) is 4.79 Å². The zero-order chi connectivity index (χ0) is 12.7. The second kappa shape index (κ2) is 7.07. The molecule has 94 valence electrons. The Bertz CT molecular complexity index is 357. The van der Waals surface area contributed by atoms with Gasteiger partial charge in [0.15, 0.2) is 0 Å². The molecule has 0 aliphatic rings. The van der Waals surface area contributed by atoms with Crippen molar-refractivity contribution < 1.29 is 9.90 Å². The number of carboxylic acid groups (broad SMARTS) is 1. The van der Waals surface area contributed by atoms with Crippen molar-refractivity contribution in [3.05, 3.63) is 35.4 Å². The summed E-state index contributed by atoms with van der Waals surface area (Å²) in [5.41, 5.74) is 1.45. The Kier molecular flexibility index (Phi) is 5.70. The first kappa shape index (κ1) is 13.7. The van der Waals surface area contributed by atoms with Gasteiger partial charge in [0.25, 0.3) is 0 Å². The molecule has 0 amide bonds. The van der Waals surface area contributed by atoms with Crippen LogP contribution in [0.4, 0.5) is 0 Å². The third-order valence-corrected chi connectivity index (χ3v) is 2.66. The van der Waals surface area contributed by atoms with Crippen molar-refractivity contribution >= 4 is 5.97 Å². The van der Waals surface area contributed by atoms with E-state index in [2.05, 4.69) is 18.7 Å². The van der Waals surface area contributed by atoms with Crippen LogP contribution in [0, 0.1) is 0 Å². The van der Waals surface area contributed by atoms with E-state index >= 15 is 0 Å². The summed E-state index contributed by atoms with van der Waals surface area (Å²) in [6.45, 7) is 7.28. The fourth-order valence-corrected chi connectivity index (χ4v) is 1.96. The lowest BCUT2D eigenvalue weighted by molar-refractivity contribution is 0.0696. The summed E-state index contributed by atoms with van der Waals surface area (Å²) in [7, 11) is 0. The number of rotatable bonds is 7. The molecule has 0 unspecified atom stereocenters. The number of hydrogen-bond acceptors (Lipinski definition) is 2. The summed E-state index contributed by atoms with van der Waals surface area (Å²) in [6, 6.07) is 7.20. The van der Waals surface area contributed by atoms with Crippen LogP contribution in [0.2, 0.25) is 0 Å². The molecule has 0 saturated carbocycles. The van der Waals surface area contributed by atoms with E-state index < -0.39 is 5.97 Å². The van der Waals surface area contributed by atoms with Gasteiger partial charge in [-0.1, -0.05) is 26.0 Å². The Hall–Kier alpha value is -1.35. The third-order valence-electron chi connectivity index (χ3n) is 2.66. The quantitative estimate of drug-likeness (QED) is 0.789. The molecule has 1 aromatic rings. The third kappa shape index (κ3) is 4.57. The Balaban J connectivity index is 2.71. The minimum atomic E-state index is -0.857. The molecule has 0 fully saturated rings. The van der Waals surface area contributed by atoms with Crippen LogP contribution in [0.1, 0.15) is 42.6 Å². The van der Waals surface area contributed by atoms with Gasteiger partial charge in [0, 0.05) is 6.54 Å². The molecule has 0 atom stereocenters. The molecule has 1 aromatic carbocycles. The van der Waals surface area contributed by atoms with E-state index in [1.54, 1.807) is 12.1 Å². The lowest BCUT2D eigenvalue weighted by Crippen LogP contribution is -2.24. The predicted molar refractivity (Wildman–Crippen MR) is 69.3 cm³/mol. The lowest BCUT2D eigenvalue weighted by Gasteiger charge is -2.21. The van der Waals surface area contributed by atoms with Crippen molar-refractivity contribution in [1.82, 2.24) is 4.90 Å². The smallest absolute Gasteiger partial charge is 0.335 e. The SMILES string of the molecule is CCCN(CCC)Cc1cccc(C(=O)O)c1. The zero-order valence-electron chi connectivity index (χ0n) is 10.6. The Morgan fingerprint density at radius 3 is 2.41 bits per heavy atom. The van der Waals surface area contributed by atoms with Gasteiger partial charge < -0.3 is 5.11 Å². The van der Waals surface area contributed by atoms with E-state index in [4.69, 9.17) is 5.11 Å². The van der Waals surface area contributed by atoms with Gasteiger partial charge in [0.1, 0.15) is 0 Å². The first-order valence-electron chi connectivity index (χ1n) is 6.22. The second-order valence-corrected chi connectivity index (χ2v) is 4.28. The number of benzene rings is 1. The fraction of sp³-hybridized carbons (Fsp3) is 0.500. The molecule has 0 spiro atoms. The van der Waals surface area contributed by atoms with Crippen LogP contribution in [0.15, 0.2) is 24.3 Å². The molecular weight excluding hydrogens is 214 g/mol. The average Bonchev–Trinajstić information content (AvgIpc) is 2.30. The Labute approximate surface area is 103 Å². The monoisotopic (exact) mass is 235 g/mol. The van der Waals surface area contributed by atoms with Crippen LogP contribution in [0.25, 0.3) is 0 Å². The molecule has 1 rings (SSSR count). The summed E-state index contributed by atoms with van der Waals surface area (Å²) in [4.78, 5) is 13.2. The lowest BCUT2D eigenvalue weighted by atomic mass is 10.1. The molecular formula is C14H21NO2. The van der Waals surface area contributed by atoms with E-state index in [0.717, 1.165) is 38.0 Å². The molecule has 0 aliphatic carbocycles. The van der Waals surface area contributed by atoms with Crippen LogP contribution in [-0.4, -0.2) is 29.1 Å². The Morgan fingerprint density at radius 2 is 1.88 bits per heavy atom. The van der Waals surface area contributed by atoms with Crippen molar-refractivity contribution in [1.29, 1.82) is 0 Å².